The van der Waals surface area contributed by atoms with Gasteiger partial charge in [-0.3, -0.25) is 5.10 Å². The Labute approximate surface area is 114 Å². The van der Waals surface area contributed by atoms with Gasteiger partial charge in [0.1, 0.15) is 0 Å². The van der Waals surface area contributed by atoms with Crippen molar-refractivity contribution in [3.05, 3.63) is 18.0 Å². The maximum absolute atomic E-state index is 12.3. The second-order valence-electron chi connectivity index (χ2n) is 5.18. The highest BCUT2D eigenvalue weighted by molar-refractivity contribution is 7.87. The molecule has 1 aromatic rings. The summed E-state index contributed by atoms with van der Waals surface area (Å²) in [5.41, 5.74) is 0.834. The van der Waals surface area contributed by atoms with Gasteiger partial charge in [0.05, 0.1) is 6.20 Å². The average Bonchev–Trinajstić information content (AvgIpc) is 2.92. The number of aromatic amines is 1. The number of hydrogen-bond acceptors (Lipinski definition) is 3. The van der Waals surface area contributed by atoms with Gasteiger partial charge in [-0.25, -0.2) is 0 Å². The third-order valence-electron chi connectivity index (χ3n) is 3.81. The fraction of sp³-hybridized carbons (Fsp3) is 0.750. The molecule has 1 saturated carbocycles. The molecular weight excluding hydrogens is 264 g/mol. The van der Waals surface area contributed by atoms with Crippen LogP contribution in [0.1, 0.15) is 50.6 Å². The van der Waals surface area contributed by atoms with E-state index in [4.69, 9.17) is 0 Å². The lowest BCUT2D eigenvalue weighted by Gasteiger charge is -2.31. The van der Waals surface area contributed by atoms with Crippen molar-refractivity contribution < 1.29 is 8.42 Å². The Bertz CT molecular complexity index is 480. The number of hydrogen-bond donors (Lipinski definition) is 2. The molecule has 1 heterocycles. The maximum atomic E-state index is 12.3. The molecule has 0 bridgehead atoms. The minimum atomic E-state index is -3.44. The van der Waals surface area contributed by atoms with Gasteiger partial charge < -0.3 is 0 Å². The summed E-state index contributed by atoms with van der Waals surface area (Å²) in [4.78, 5) is 0. The van der Waals surface area contributed by atoms with Crippen LogP contribution in [0, 0.1) is 0 Å². The van der Waals surface area contributed by atoms with Crippen molar-refractivity contribution in [2.45, 2.75) is 51.1 Å². The van der Waals surface area contributed by atoms with Crippen LogP contribution in [0.15, 0.2) is 12.4 Å². The van der Waals surface area contributed by atoms with E-state index in [0.29, 0.717) is 0 Å². The first-order valence-corrected chi connectivity index (χ1v) is 8.18. The summed E-state index contributed by atoms with van der Waals surface area (Å²) in [6.07, 6.45) is 8.68. The first-order valence-electron chi connectivity index (χ1n) is 6.74. The average molecular weight is 286 g/mol. The van der Waals surface area contributed by atoms with Gasteiger partial charge >= 0.3 is 0 Å². The summed E-state index contributed by atoms with van der Waals surface area (Å²) < 4.78 is 28.8. The van der Waals surface area contributed by atoms with Crippen LogP contribution in [-0.4, -0.2) is 36.0 Å². The molecule has 0 aliphatic heterocycles. The van der Waals surface area contributed by atoms with Crippen molar-refractivity contribution in [3.63, 3.8) is 0 Å². The Morgan fingerprint density at radius 2 is 2.11 bits per heavy atom. The van der Waals surface area contributed by atoms with Gasteiger partial charge in [-0.2, -0.15) is 22.5 Å². The van der Waals surface area contributed by atoms with E-state index in [-0.39, 0.29) is 12.1 Å². The molecule has 19 heavy (non-hydrogen) atoms. The van der Waals surface area contributed by atoms with Crippen LogP contribution in [0.5, 0.6) is 0 Å². The van der Waals surface area contributed by atoms with Crippen molar-refractivity contribution in [1.29, 1.82) is 0 Å². The van der Waals surface area contributed by atoms with Crippen molar-refractivity contribution in [2.24, 2.45) is 0 Å². The van der Waals surface area contributed by atoms with Gasteiger partial charge in [0.2, 0.25) is 0 Å². The highest BCUT2D eigenvalue weighted by atomic mass is 32.2. The van der Waals surface area contributed by atoms with Gasteiger partial charge in [0.15, 0.2) is 0 Å². The Kier molecular flexibility index (Phi) is 4.59. The van der Waals surface area contributed by atoms with Crippen LogP contribution < -0.4 is 4.72 Å². The maximum Gasteiger partial charge on any atom is 0.279 e. The summed E-state index contributed by atoms with van der Waals surface area (Å²) >= 11 is 0. The van der Waals surface area contributed by atoms with E-state index in [0.717, 1.165) is 31.2 Å². The largest absolute Gasteiger partial charge is 0.285 e. The fourth-order valence-corrected chi connectivity index (χ4v) is 3.87. The third kappa shape index (κ3) is 3.55. The molecule has 2 rings (SSSR count). The van der Waals surface area contributed by atoms with Crippen LogP contribution in [0.4, 0.5) is 0 Å². The summed E-state index contributed by atoms with van der Waals surface area (Å²) in [5, 5.41) is 6.53. The van der Waals surface area contributed by atoms with Gasteiger partial charge in [0.25, 0.3) is 10.2 Å². The Morgan fingerprint density at radius 3 is 2.68 bits per heavy atom. The van der Waals surface area contributed by atoms with E-state index in [1.807, 2.05) is 6.92 Å². The summed E-state index contributed by atoms with van der Waals surface area (Å²) in [7, 11) is -1.78. The summed E-state index contributed by atoms with van der Waals surface area (Å²) in [6.45, 7) is 1.82. The Balaban J connectivity index is 2.00. The smallest absolute Gasteiger partial charge is 0.279 e. The number of nitrogens with zero attached hydrogens (tertiary/aromatic N) is 2. The van der Waals surface area contributed by atoms with Crippen LogP contribution in [-0.2, 0) is 10.2 Å². The summed E-state index contributed by atoms with van der Waals surface area (Å²) in [5.74, 6) is 0. The van der Waals surface area contributed by atoms with Gasteiger partial charge in [-0.05, 0) is 19.8 Å². The predicted molar refractivity (Wildman–Crippen MR) is 73.7 cm³/mol. The van der Waals surface area contributed by atoms with E-state index in [9.17, 15) is 8.42 Å². The molecule has 0 radical (unpaired) electrons. The van der Waals surface area contributed by atoms with E-state index in [1.165, 1.54) is 10.7 Å². The first-order chi connectivity index (χ1) is 9.00. The quantitative estimate of drug-likeness (QED) is 0.862. The highest BCUT2D eigenvalue weighted by Crippen LogP contribution is 2.23. The second kappa shape index (κ2) is 6.02. The lowest BCUT2D eigenvalue weighted by molar-refractivity contribution is 0.281. The first kappa shape index (κ1) is 14.5. The number of rotatable bonds is 5. The second-order valence-corrected chi connectivity index (χ2v) is 6.95. The molecule has 1 aliphatic carbocycles. The normalized spacial score (nSPS) is 19.7. The Hall–Kier alpha value is -0.920. The molecule has 0 aromatic carbocycles. The molecule has 1 unspecified atom stereocenters. The Morgan fingerprint density at radius 1 is 1.42 bits per heavy atom. The van der Waals surface area contributed by atoms with E-state index in [2.05, 4.69) is 14.9 Å². The molecular formula is C12H22N4O2S. The van der Waals surface area contributed by atoms with Crippen molar-refractivity contribution in [3.8, 4) is 0 Å². The fourth-order valence-electron chi connectivity index (χ4n) is 2.51. The molecule has 1 aromatic heterocycles. The van der Waals surface area contributed by atoms with Crippen molar-refractivity contribution >= 4 is 10.2 Å². The standard InChI is InChI=1S/C12H22N4O2S/c1-10(11-8-13-14-9-11)15-19(17,18)16(2)12-6-4-3-5-7-12/h8-10,12,15H,3-7H2,1-2H3,(H,13,14). The molecule has 1 atom stereocenters. The molecule has 2 N–H and O–H groups in total. The zero-order valence-corrected chi connectivity index (χ0v) is 12.3. The summed E-state index contributed by atoms with van der Waals surface area (Å²) in [6, 6.07) is -0.155. The van der Waals surface area contributed by atoms with Gasteiger partial charge in [0, 0.05) is 30.9 Å². The van der Waals surface area contributed by atoms with Crippen LogP contribution in [0.25, 0.3) is 0 Å². The topological polar surface area (TPSA) is 78.1 Å². The zero-order valence-electron chi connectivity index (χ0n) is 11.5. The lowest BCUT2D eigenvalue weighted by Crippen LogP contribution is -2.45. The van der Waals surface area contributed by atoms with Crippen molar-refractivity contribution in [2.75, 3.05) is 7.05 Å². The molecule has 108 valence electrons. The molecule has 0 spiro atoms. The van der Waals surface area contributed by atoms with Crippen molar-refractivity contribution in [1.82, 2.24) is 19.2 Å². The van der Waals surface area contributed by atoms with Gasteiger partial charge in [-0.1, -0.05) is 19.3 Å². The van der Waals surface area contributed by atoms with E-state index < -0.39 is 10.2 Å². The number of nitrogens with one attached hydrogen (secondary N) is 2. The highest BCUT2D eigenvalue weighted by Gasteiger charge is 2.28. The number of H-pyrrole nitrogens is 1. The van der Waals surface area contributed by atoms with E-state index in [1.54, 1.807) is 19.4 Å². The monoisotopic (exact) mass is 286 g/mol. The minimum Gasteiger partial charge on any atom is -0.285 e. The predicted octanol–water partition coefficient (Wildman–Crippen LogP) is 1.57. The third-order valence-corrected chi connectivity index (χ3v) is 5.52. The molecule has 7 heteroatoms. The van der Waals surface area contributed by atoms with Crippen LogP contribution in [0.3, 0.4) is 0 Å². The number of aromatic nitrogens is 2. The van der Waals surface area contributed by atoms with Crippen LogP contribution in [0.2, 0.25) is 0 Å². The lowest BCUT2D eigenvalue weighted by atomic mass is 9.96. The molecule has 1 fully saturated rings. The molecule has 0 saturated heterocycles. The van der Waals surface area contributed by atoms with Gasteiger partial charge in [-0.15, -0.1) is 0 Å². The molecule has 1 aliphatic rings. The van der Waals surface area contributed by atoms with E-state index >= 15 is 0 Å². The SMILES string of the molecule is CC(NS(=O)(=O)N(C)C1CCCCC1)c1cn[nH]c1. The minimum absolute atomic E-state index is 0.128. The molecule has 0 amide bonds. The molecule has 6 nitrogen and oxygen atoms in total. The zero-order chi connectivity index (χ0) is 13.9. The van der Waals surface area contributed by atoms with Crippen LogP contribution >= 0.6 is 0 Å².